The molecule has 0 bridgehead atoms. The predicted octanol–water partition coefficient (Wildman–Crippen LogP) is 21.8. The predicted molar refractivity (Wildman–Crippen MR) is 566 cm³/mol. The van der Waals surface area contributed by atoms with Gasteiger partial charge >= 0.3 is 12.4 Å². The number of amidine groups is 6. The van der Waals surface area contributed by atoms with Gasteiger partial charge in [-0.25, -0.2) is 12.7 Å². The van der Waals surface area contributed by atoms with E-state index in [9.17, 15) is 78.5 Å². The van der Waals surface area contributed by atoms with Crippen LogP contribution in [-0.4, -0.2) is 172 Å². The van der Waals surface area contributed by atoms with Crippen molar-refractivity contribution in [2.24, 2.45) is 53.6 Å². The smallest absolute Gasteiger partial charge is 0.416 e. The molecule has 44 heteroatoms. The first-order valence-electron chi connectivity index (χ1n) is 45.5. The number of thioether (sulfide) groups is 6. The SMILES string of the molecule is CC(C)[C@@]1(C)SC(=N[C@@H](C)c2cccs2)NC1=O.CC(C)[C@]1(C)SC(=N[C@@H](C)c2cccs2)NC1=O.C[C@H](N=C1NC(=O)C(C)(C(C)(C)O)S1)c1ccc(Br)s1.C[C@H](N=C1NC(=O)C(C)(C(C)(C)O)S1)c1cccs1.C[C@H](N=C1NC(=O)C(C)(CC2CCN(C(=O)c3ccoc3)CC2)S1)c1ccccc1C(F)(F)F.C[C@H](N=C1NC(=O)C(C)(CC2CCN(S(C)(=O)=O)CC2)S1)c1ccccc1C(F)(F)F. The number of hydrogen-bond acceptors (Lipinski definition) is 28. The number of furan rings is 1. The van der Waals surface area contributed by atoms with Gasteiger partial charge in [0.25, 0.3) is 5.91 Å². The van der Waals surface area contributed by atoms with Gasteiger partial charge in [-0.3, -0.25) is 63.5 Å². The van der Waals surface area contributed by atoms with Crippen LogP contribution in [0.1, 0.15) is 265 Å². The Hall–Kier alpha value is -7.18. The van der Waals surface area contributed by atoms with Crippen molar-refractivity contribution >= 4 is 214 Å². The Bertz CT molecular complexity index is 5750. The highest BCUT2D eigenvalue weighted by Gasteiger charge is 2.56. The summed E-state index contributed by atoms with van der Waals surface area (Å²) < 4.78 is 107. The number of carbonyl (C=O) groups excluding carboxylic acids is 7. The molecule has 7 amide bonds. The third-order valence-electron chi connectivity index (χ3n) is 25.7. The lowest BCUT2D eigenvalue weighted by molar-refractivity contribution is -0.139. The lowest BCUT2D eigenvalue weighted by Gasteiger charge is -2.34. The van der Waals surface area contributed by atoms with E-state index >= 15 is 0 Å². The van der Waals surface area contributed by atoms with Crippen molar-refractivity contribution in [3.05, 3.63) is 183 Å². The molecule has 5 aromatic heterocycles. The molecular weight excluding hydrogens is 2090 g/mol. The minimum atomic E-state index is -4.48. The minimum Gasteiger partial charge on any atom is -0.472 e. The molecule has 26 nitrogen and oxygen atoms in total. The second-order valence-electron chi connectivity index (χ2n) is 37.8. The van der Waals surface area contributed by atoms with Gasteiger partial charge in [0, 0.05) is 45.7 Å². The lowest BCUT2D eigenvalue weighted by atomic mass is 9.87. The number of hydrogen-bond donors (Lipinski definition) is 8. The minimum absolute atomic E-state index is 0.00644. The van der Waals surface area contributed by atoms with E-state index in [1.54, 1.807) is 148 Å². The number of nitrogens with one attached hydrogen (secondary N) is 6. The number of sulfonamides is 1. The number of halogens is 7. The van der Waals surface area contributed by atoms with Gasteiger partial charge in [0.15, 0.2) is 31.0 Å². The topological polar surface area (TPSA) is 360 Å². The Morgan fingerprint density at radius 2 is 0.779 bits per heavy atom. The molecule has 0 spiro atoms. The second kappa shape index (κ2) is 47.1. The third kappa shape index (κ3) is 29.0. The summed E-state index contributed by atoms with van der Waals surface area (Å²) in [6.45, 7) is 39.2. The summed E-state index contributed by atoms with van der Waals surface area (Å²) >= 11 is 18.3. The van der Waals surface area contributed by atoms with Crippen molar-refractivity contribution in [3.63, 3.8) is 0 Å². The number of aliphatic imine (C=N–C) groups is 6. The van der Waals surface area contributed by atoms with E-state index in [4.69, 9.17) is 4.42 Å². The molecule has 8 N–H and O–H groups in total. The molecule has 8 saturated heterocycles. The van der Waals surface area contributed by atoms with E-state index in [2.05, 4.69) is 131 Å². The van der Waals surface area contributed by atoms with E-state index in [-0.39, 0.29) is 100 Å². The van der Waals surface area contributed by atoms with Crippen molar-refractivity contribution in [2.75, 3.05) is 32.4 Å². The number of carbonyl (C=O) groups is 7. The average molecular weight is 2210 g/mol. The van der Waals surface area contributed by atoms with Crippen LogP contribution in [0, 0.1) is 23.7 Å². The van der Waals surface area contributed by atoms with Crippen molar-refractivity contribution in [2.45, 2.75) is 265 Å². The van der Waals surface area contributed by atoms with Crippen LogP contribution in [-0.2, 0) is 51.1 Å². The molecule has 8 aliphatic rings. The van der Waals surface area contributed by atoms with E-state index < -0.39 is 85.3 Å². The summed E-state index contributed by atoms with van der Waals surface area (Å²) in [5.74, 6) is 0.272. The summed E-state index contributed by atoms with van der Waals surface area (Å²) in [5, 5.41) is 46.5. The average Bonchev–Trinajstić information content (AvgIpc) is 1.61. The number of amides is 7. The fourth-order valence-electron chi connectivity index (χ4n) is 15.4. The second-order valence-corrected chi connectivity index (χ2v) is 53.9. The first-order chi connectivity index (χ1) is 65.1. The van der Waals surface area contributed by atoms with Gasteiger partial charge in [0.2, 0.25) is 45.5 Å². The molecule has 15 rings (SSSR count). The highest BCUT2D eigenvalue weighted by molar-refractivity contribution is 9.11. The van der Waals surface area contributed by atoms with Gasteiger partial charge in [-0.1, -0.05) is 153 Å². The zero-order valence-electron chi connectivity index (χ0n) is 81.7. The molecule has 2 aromatic carbocycles. The summed E-state index contributed by atoms with van der Waals surface area (Å²) in [6, 6.07) is 27.1. The third-order valence-corrected chi connectivity index (χ3v) is 40.3. The molecule has 0 saturated carbocycles. The Morgan fingerprint density at radius 1 is 0.450 bits per heavy atom. The molecule has 12 atom stereocenters. The number of thiophene rings is 4. The van der Waals surface area contributed by atoms with Gasteiger partial charge in [-0.05, 0) is 265 Å². The summed E-state index contributed by atoms with van der Waals surface area (Å²) in [6.07, 6.45) is -0.831. The first-order valence-corrected chi connectivity index (χ1v) is 56.5. The molecule has 140 heavy (non-hydrogen) atoms. The summed E-state index contributed by atoms with van der Waals surface area (Å²) in [4.78, 5) is 120. The Labute approximate surface area is 865 Å². The fraction of sp³-hybridized carbons (Fsp3) is 0.531. The maximum Gasteiger partial charge on any atom is 0.416 e. The standard InChI is InChI=1S/C24H26F3N3O3S.C20H26F3N3O3S2.C13H17BrN2O2S2.C13H18N2O2S2.2C13H18N2OS2/c1-15(18-5-3-4-6-19(18)24(25,26)27)28-22-29-21(32)23(2,34-22)13-16-7-10-30(11-8-16)20(31)17-9-12-33-14-17;1-13(15-6-4-5-7-16(15)20(21,22)23)24-18-25-17(27)19(2,30-18)12-14-8-10-26(11-9-14)31(3,28)29;1-7(8-5-6-9(14)19-8)15-11-16-10(17)13(4,20-11)12(2,3)18;1-8(9-6-5-7-18-9)14-11-15-10(16)13(4,19-11)12(2,3)17;2*1-8(2)13(4)11(16)15-12(18-13)14-9(3)10-6-5-7-17-10/h3-6,9,12,14-16H,7-8,10-11,13H2,1-2H3,(H,28,29,32);4-7,13-14H,8-12H2,1-3H3,(H,24,25,27);5-7,18H,1-4H3,(H,15,16,17);5-8,17H,1-4H3,(H,14,15,16);2*5-9H,1-4H3,(H,14,15,16)/t15-,23?;13-,19?;7-,13?;8-,13?;9-,13+;9-,13-/m000000/s1. The number of piperidine rings is 2. The van der Waals surface area contributed by atoms with Crippen LogP contribution < -0.4 is 31.9 Å². The van der Waals surface area contributed by atoms with E-state index in [1.165, 1.54) is 110 Å². The number of rotatable bonds is 22. The molecule has 8 aliphatic heterocycles. The molecule has 8 fully saturated rings. The van der Waals surface area contributed by atoms with Crippen LogP contribution in [0.4, 0.5) is 26.3 Å². The van der Waals surface area contributed by atoms with Gasteiger partial charge in [0.1, 0.15) is 25.3 Å². The van der Waals surface area contributed by atoms with Crippen LogP contribution >= 0.6 is 132 Å². The van der Waals surface area contributed by atoms with Gasteiger partial charge in [0.05, 0.1) is 89.9 Å². The van der Waals surface area contributed by atoms with Crippen LogP contribution in [0.5, 0.6) is 0 Å². The maximum atomic E-state index is 13.4. The van der Waals surface area contributed by atoms with Crippen molar-refractivity contribution in [1.82, 2.24) is 41.1 Å². The quantitative estimate of drug-likeness (QED) is 0.0292. The van der Waals surface area contributed by atoms with Crippen LogP contribution in [0.3, 0.4) is 0 Å². The van der Waals surface area contributed by atoms with E-state index in [0.29, 0.717) is 78.1 Å². The first kappa shape index (κ1) is 115. The molecule has 13 heterocycles. The van der Waals surface area contributed by atoms with Crippen molar-refractivity contribution in [3.8, 4) is 0 Å². The van der Waals surface area contributed by atoms with Gasteiger partial charge < -0.3 is 51.4 Å². The maximum absolute atomic E-state index is 13.4. The monoisotopic (exact) mass is 2210 g/mol. The fourth-order valence-corrected chi connectivity index (χ4v) is 26.9. The number of benzene rings is 2. The highest BCUT2D eigenvalue weighted by atomic mass is 79.9. The number of alkyl halides is 6. The Morgan fingerprint density at radius 3 is 1.08 bits per heavy atom. The van der Waals surface area contributed by atoms with Gasteiger partial charge in [-0.15, -0.1) is 45.3 Å². The molecule has 764 valence electrons. The van der Waals surface area contributed by atoms with E-state index in [0.717, 1.165) is 48.9 Å². The summed E-state index contributed by atoms with van der Waals surface area (Å²) in [5.41, 5.74) is -3.03. The van der Waals surface area contributed by atoms with Crippen molar-refractivity contribution < 1.29 is 83.0 Å². The highest BCUT2D eigenvalue weighted by Crippen LogP contribution is 2.49. The molecule has 0 radical (unpaired) electrons. The zero-order valence-corrected chi connectivity index (χ0v) is 92.3. The summed E-state index contributed by atoms with van der Waals surface area (Å²) in [7, 11) is -3.22. The number of aliphatic hydroxyl groups is 2. The van der Waals surface area contributed by atoms with Crippen LogP contribution in [0.15, 0.2) is 170 Å². The van der Waals surface area contributed by atoms with Crippen molar-refractivity contribution in [1.29, 1.82) is 0 Å². The molecule has 4 unspecified atom stereocenters. The molecular formula is C96H123BrF6N14O12S11. The number of likely N-dealkylation sites (tertiary alicyclic amines) is 1. The molecule has 0 aliphatic carbocycles. The Kier molecular flexibility index (Phi) is 38.6. The van der Waals surface area contributed by atoms with Gasteiger partial charge in [-0.2, -0.15) is 26.3 Å². The van der Waals surface area contributed by atoms with Crippen LogP contribution in [0.25, 0.3) is 0 Å². The van der Waals surface area contributed by atoms with E-state index in [1.807, 2.05) is 87.2 Å². The lowest BCUT2D eigenvalue weighted by Crippen LogP contribution is -2.50. The largest absolute Gasteiger partial charge is 0.472 e. The normalized spacial score (nSPS) is 26.4. The Balaban J connectivity index is 0.000000177. The molecule has 7 aromatic rings. The zero-order chi connectivity index (χ0) is 104. The number of nitrogens with zero attached hydrogens (tertiary/aromatic N) is 8. The van der Waals surface area contributed by atoms with Crippen LogP contribution in [0.2, 0.25) is 0 Å².